The molecule has 12 heavy (non-hydrogen) atoms. The highest BCUT2D eigenvalue weighted by molar-refractivity contribution is 6.30. The van der Waals surface area contributed by atoms with Gasteiger partial charge in [-0.25, -0.2) is 0 Å². The standard InChI is InChI=1S/C9H11ClNO/c1-11(6-7-12)9-4-2-8(10)3-5-9/h2-4,12H,6-7H2,1H3. The average molecular weight is 185 g/mol. The van der Waals surface area contributed by atoms with Crippen molar-refractivity contribution in [2.24, 2.45) is 0 Å². The van der Waals surface area contributed by atoms with Crippen LogP contribution in [0.5, 0.6) is 0 Å². The summed E-state index contributed by atoms with van der Waals surface area (Å²) in [5.74, 6) is 0. The lowest BCUT2D eigenvalue weighted by atomic mass is 10.3. The summed E-state index contributed by atoms with van der Waals surface area (Å²) in [6.07, 6.45) is 0. The molecule has 1 rings (SSSR count). The van der Waals surface area contributed by atoms with Gasteiger partial charge in [0.25, 0.3) is 0 Å². The number of aliphatic hydroxyl groups excluding tert-OH is 1. The molecule has 1 aromatic rings. The zero-order valence-electron chi connectivity index (χ0n) is 6.92. The van der Waals surface area contributed by atoms with Gasteiger partial charge in [-0.1, -0.05) is 11.6 Å². The van der Waals surface area contributed by atoms with E-state index in [1.54, 1.807) is 12.1 Å². The lowest BCUT2D eigenvalue weighted by molar-refractivity contribution is 0.304. The molecule has 1 N–H and O–H groups in total. The summed E-state index contributed by atoms with van der Waals surface area (Å²) in [5.41, 5.74) is 0.938. The first kappa shape index (κ1) is 9.36. The first-order valence-electron chi connectivity index (χ1n) is 3.73. The van der Waals surface area contributed by atoms with Crippen molar-refractivity contribution in [1.29, 1.82) is 0 Å². The first-order valence-corrected chi connectivity index (χ1v) is 4.11. The molecule has 2 nitrogen and oxygen atoms in total. The summed E-state index contributed by atoms with van der Waals surface area (Å²) >= 11 is 5.69. The normalized spacial score (nSPS) is 9.92. The molecule has 0 spiro atoms. The van der Waals surface area contributed by atoms with Crippen molar-refractivity contribution < 1.29 is 5.11 Å². The van der Waals surface area contributed by atoms with E-state index in [9.17, 15) is 0 Å². The van der Waals surface area contributed by atoms with Gasteiger partial charge >= 0.3 is 0 Å². The Labute approximate surface area is 77.4 Å². The number of halogens is 1. The van der Waals surface area contributed by atoms with E-state index in [-0.39, 0.29) is 6.61 Å². The van der Waals surface area contributed by atoms with Gasteiger partial charge in [0.2, 0.25) is 0 Å². The van der Waals surface area contributed by atoms with Crippen molar-refractivity contribution >= 4 is 17.3 Å². The van der Waals surface area contributed by atoms with Crippen LogP contribution in [0.3, 0.4) is 0 Å². The van der Waals surface area contributed by atoms with Gasteiger partial charge in [-0.15, -0.1) is 0 Å². The monoisotopic (exact) mass is 184 g/mol. The van der Waals surface area contributed by atoms with Crippen LogP contribution in [0.1, 0.15) is 0 Å². The van der Waals surface area contributed by atoms with E-state index >= 15 is 0 Å². The third-order valence-electron chi connectivity index (χ3n) is 1.61. The van der Waals surface area contributed by atoms with E-state index in [0.29, 0.717) is 11.6 Å². The Bertz CT molecular complexity index is 235. The Hall–Kier alpha value is -0.730. The molecule has 0 bridgehead atoms. The smallest absolute Gasteiger partial charge is 0.0606 e. The molecule has 0 aliphatic rings. The van der Waals surface area contributed by atoms with Crippen molar-refractivity contribution in [3.63, 3.8) is 0 Å². The SMILES string of the molecule is CN(CCO)c1[c]cc(Cl)cc1. The van der Waals surface area contributed by atoms with E-state index < -0.39 is 0 Å². The second-order valence-electron chi connectivity index (χ2n) is 2.54. The molecule has 0 fully saturated rings. The van der Waals surface area contributed by atoms with E-state index in [4.69, 9.17) is 16.7 Å². The van der Waals surface area contributed by atoms with Crippen molar-refractivity contribution in [3.8, 4) is 0 Å². The maximum Gasteiger partial charge on any atom is 0.0606 e. The number of likely N-dealkylation sites (N-methyl/N-ethyl adjacent to an activating group) is 1. The summed E-state index contributed by atoms with van der Waals surface area (Å²) < 4.78 is 0. The lowest BCUT2D eigenvalue weighted by Gasteiger charge is -2.16. The van der Waals surface area contributed by atoms with Gasteiger partial charge in [-0.3, -0.25) is 0 Å². The van der Waals surface area contributed by atoms with Crippen LogP contribution in [0.2, 0.25) is 5.02 Å². The number of hydrogen-bond donors (Lipinski definition) is 1. The molecular formula is C9H11ClNO. The summed E-state index contributed by atoms with van der Waals surface area (Å²) in [5, 5.41) is 9.35. The summed E-state index contributed by atoms with van der Waals surface area (Å²) in [6, 6.07) is 8.40. The fraction of sp³-hybridized carbons (Fsp3) is 0.333. The lowest BCUT2D eigenvalue weighted by Crippen LogP contribution is -2.20. The topological polar surface area (TPSA) is 23.5 Å². The van der Waals surface area contributed by atoms with Gasteiger partial charge in [0.1, 0.15) is 0 Å². The molecule has 0 saturated carbocycles. The highest BCUT2D eigenvalue weighted by Gasteiger charge is 1.98. The summed E-state index contributed by atoms with van der Waals surface area (Å²) in [6.45, 7) is 0.755. The number of rotatable bonds is 3. The first-order chi connectivity index (χ1) is 5.74. The van der Waals surface area contributed by atoms with Gasteiger partial charge in [-0.05, 0) is 18.2 Å². The molecule has 1 aromatic carbocycles. The van der Waals surface area contributed by atoms with E-state index in [1.165, 1.54) is 0 Å². The molecule has 0 aliphatic heterocycles. The Kier molecular flexibility index (Phi) is 3.38. The van der Waals surface area contributed by atoms with Crippen LogP contribution in [0, 0.1) is 6.07 Å². The second kappa shape index (κ2) is 4.33. The van der Waals surface area contributed by atoms with Gasteiger partial charge in [-0.2, -0.15) is 0 Å². The molecule has 0 aromatic heterocycles. The van der Waals surface area contributed by atoms with Gasteiger partial charge in [0.15, 0.2) is 0 Å². The van der Waals surface area contributed by atoms with E-state index in [1.807, 2.05) is 18.0 Å². The molecule has 0 saturated heterocycles. The van der Waals surface area contributed by atoms with E-state index in [0.717, 1.165) is 5.69 Å². The maximum atomic E-state index is 8.67. The Morgan fingerprint density at radius 1 is 1.58 bits per heavy atom. The molecule has 3 heteroatoms. The van der Waals surface area contributed by atoms with Crippen LogP contribution in [0.4, 0.5) is 5.69 Å². The maximum absolute atomic E-state index is 8.67. The largest absolute Gasteiger partial charge is 0.395 e. The Morgan fingerprint density at radius 2 is 2.33 bits per heavy atom. The highest BCUT2D eigenvalue weighted by atomic mass is 35.5. The third kappa shape index (κ3) is 2.40. The predicted octanol–water partition coefficient (Wildman–Crippen LogP) is 1.57. The second-order valence-corrected chi connectivity index (χ2v) is 2.97. The van der Waals surface area contributed by atoms with Gasteiger partial charge in [0, 0.05) is 30.4 Å². The average Bonchev–Trinajstić information content (AvgIpc) is 2.06. The van der Waals surface area contributed by atoms with Crippen molar-refractivity contribution in [2.75, 3.05) is 25.1 Å². The fourth-order valence-electron chi connectivity index (χ4n) is 0.906. The molecule has 0 atom stereocenters. The van der Waals surface area contributed by atoms with Crippen molar-refractivity contribution in [3.05, 3.63) is 29.3 Å². The minimum absolute atomic E-state index is 0.146. The van der Waals surface area contributed by atoms with E-state index in [2.05, 4.69) is 6.07 Å². The number of anilines is 1. The molecule has 0 aliphatic carbocycles. The zero-order valence-corrected chi connectivity index (χ0v) is 7.67. The van der Waals surface area contributed by atoms with Crippen molar-refractivity contribution in [1.82, 2.24) is 0 Å². The van der Waals surface area contributed by atoms with Crippen LogP contribution in [-0.4, -0.2) is 25.3 Å². The molecule has 65 valence electrons. The van der Waals surface area contributed by atoms with Crippen LogP contribution in [-0.2, 0) is 0 Å². The fourth-order valence-corrected chi connectivity index (χ4v) is 1.02. The quantitative estimate of drug-likeness (QED) is 0.771. The molecule has 0 amide bonds. The third-order valence-corrected chi connectivity index (χ3v) is 1.84. The molecule has 1 radical (unpaired) electrons. The number of aliphatic hydroxyl groups is 1. The summed E-state index contributed by atoms with van der Waals surface area (Å²) in [7, 11) is 1.90. The highest BCUT2D eigenvalue weighted by Crippen LogP contribution is 2.15. The number of hydrogen-bond acceptors (Lipinski definition) is 2. The van der Waals surface area contributed by atoms with Crippen LogP contribution < -0.4 is 4.90 Å². The molecule has 0 unspecified atom stereocenters. The summed E-state index contributed by atoms with van der Waals surface area (Å²) in [4.78, 5) is 1.91. The Morgan fingerprint density at radius 3 is 2.83 bits per heavy atom. The number of benzene rings is 1. The minimum Gasteiger partial charge on any atom is -0.395 e. The number of nitrogens with zero attached hydrogens (tertiary/aromatic N) is 1. The van der Waals surface area contributed by atoms with Crippen LogP contribution in [0.15, 0.2) is 18.2 Å². The zero-order chi connectivity index (χ0) is 8.97. The van der Waals surface area contributed by atoms with Gasteiger partial charge < -0.3 is 10.0 Å². The molecular weight excluding hydrogens is 174 g/mol. The molecule has 0 heterocycles. The Balaban J connectivity index is 2.68. The predicted molar refractivity (Wildman–Crippen MR) is 50.6 cm³/mol. The van der Waals surface area contributed by atoms with Crippen LogP contribution >= 0.6 is 11.6 Å². The van der Waals surface area contributed by atoms with Crippen molar-refractivity contribution in [2.45, 2.75) is 0 Å². The van der Waals surface area contributed by atoms with Gasteiger partial charge in [0.05, 0.1) is 6.61 Å². The minimum atomic E-state index is 0.146. The van der Waals surface area contributed by atoms with Crippen LogP contribution in [0.25, 0.3) is 0 Å².